The van der Waals surface area contributed by atoms with Gasteiger partial charge in [-0.1, -0.05) is 13.8 Å². The first-order chi connectivity index (χ1) is 16.0. The maximum absolute atomic E-state index is 13.2. The number of ketones is 1. The topological polar surface area (TPSA) is 123 Å². The van der Waals surface area contributed by atoms with Gasteiger partial charge in [0.2, 0.25) is 5.91 Å². The van der Waals surface area contributed by atoms with Crippen molar-refractivity contribution in [2.75, 3.05) is 25.0 Å². The molecule has 182 valence electrons. The van der Waals surface area contributed by atoms with Crippen LogP contribution in [0.3, 0.4) is 0 Å². The molecule has 2 bridgehead atoms. The van der Waals surface area contributed by atoms with Crippen LogP contribution in [0, 0.1) is 12.3 Å². The van der Waals surface area contributed by atoms with Crippen molar-refractivity contribution in [1.29, 1.82) is 0 Å². The van der Waals surface area contributed by atoms with E-state index in [4.69, 9.17) is 11.5 Å². The molecular formula is C26H35N5O3. The van der Waals surface area contributed by atoms with Crippen LogP contribution in [0.1, 0.15) is 71.3 Å². The molecule has 0 radical (unpaired) electrons. The number of carbonyl (C=O) groups excluding carboxylic acids is 3. The van der Waals surface area contributed by atoms with Crippen molar-refractivity contribution in [1.82, 2.24) is 9.47 Å². The second kappa shape index (κ2) is 8.91. The number of benzene rings is 1. The van der Waals surface area contributed by atoms with Crippen LogP contribution in [-0.2, 0) is 17.6 Å². The first kappa shape index (κ1) is 24.0. The van der Waals surface area contributed by atoms with Gasteiger partial charge in [0.25, 0.3) is 5.91 Å². The second-order valence-electron chi connectivity index (χ2n) is 10.3. The Morgan fingerprint density at radius 3 is 2.62 bits per heavy atom. The summed E-state index contributed by atoms with van der Waals surface area (Å²) >= 11 is 0. The number of nitrogens with zero attached hydrogens (tertiary/aromatic N) is 2. The fraction of sp³-hybridized carbons (Fsp3) is 0.500. The molecule has 1 aliphatic carbocycles. The molecule has 8 heteroatoms. The highest BCUT2D eigenvalue weighted by molar-refractivity contribution is 6.01. The maximum atomic E-state index is 13.2. The molecular weight excluding hydrogens is 430 g/mol. The Balaban J connectivity index is 1.94. The summed E-state index contributed by atoms with van der Waals surface area (Å²) in [6, 6.07) is 4.88. The van der Waals surface area contributed by atoms with Crippen LogP contribution in [0.25, 0.3) is 5.69 Å². The first-order valence-electron chi connectivity index (χ1n) is 12.0. The molecule has 1 aliphatic heterocycles. The van der Waals surface area contributed by atoms with Crippen LogP contribution in [0.2, 0.25) is 0 Å². The first-order valence-corrected chi connectivity index (χ1v) is 12.0. The third-order valence-electron chi connectivity index (χ3n) is 7.02. The molecule has 5 N–H and O–H groups in total. The van der Waals surface area contributed by atoms with Crippen LogP contribution in [0.5, 0.6) is 0 Å². The van der Waals surface area contributed by atoms with Gasteiger partial charge < -0.3 is 26.3 Å². The predicted octanol–water partition coefficient (Wildman–Crippen LogP) is 2.57. The molecule has 4 rings (SSSR count). The molecule has 0 spiro atoms. The smallest absolute Gasteiger partial charge is 0.250 e. The standard InChI is InChI=1S/C26H35N5O3/c1-15-20-6-5-10-30(11-9-27)25(34)16(2)29-19-12-17(7-8-18(19)24(28)33)31(20)21-13-26(3,4)14-22(32)23(15)21/h7-8,12,16,29H,5-6,9-11,13-14,27H2,1-4H3,(H2,28,33)/t16-/m0/s1. The molecule has 8 nitrogen and oxygen atoms in total. The van der Waals surface area contributed by atoms with Crippen LogP contribution in [0.15, 0.2) is 18.2 Å². The zero-order valence-corrected chi connectivity index (χ0v) is 20.5. The monoisotopic (exact) mass is 465 g/mol. The molecule has 2 aromatic rings. The molecule has 0 saturated carbocycles. The van der Waals surface area contributed by atoms with E-state index < -0.39 is 11.9 Å². The molecule has 0 fully saturated rings. The minimum atomic E-state index is -0.568. The summed E-state index contributed by atoms with van der Waals surface area (Å²) in [5.74, 6) is -0.467. The average molecular weight is 466 g/mol. The number of rotatable bonds is 3. The number of hydrogen-bond acceptors (Lipinski definition) is 5. The molecule has 2 amide bonds. The number of amides is 2. The number of primary amides is 1. The summed E-state index contributed by atoms with van der Waals surface area (Å²) in [6.07, 6.45) is 2.78. The van der Waals surface area contributed by atoms with Gasteiger partial charge in [0.1, 0.15) is 6.04 Å². The number of fused-ring (bicyclic) bond motifs is 6. The number of aromatic nitrogens is 1. The van der Waals surface area contributed by atoms with Crippen molar-refractivity contribution in [2.45, 2.75) is 59.4 Å². The Morgan fingerprint density at radius 1 is 1.21 bits per heavy atom. The van der Waals surface area contributed by atoms with Crippen molar-refractivity contribution < 1.29 is 14.4 Å². The van der Waals surface area contributed by atoms with E-state index in [-0.39, 0.29) is 17.1 Å². The highest BCUT2D eigenvalue weighted by Gasteiger charge is 2.37. The van der Waals surface area contributed by atoms with Crippen LogP contribution in [-0.4, -0.2) is 52.7 Å². The van der Waals surface area contributed by atoms with Crippen LogP contribution < -0.4 is 16.8 Å². The summed E-state index contributed by atoms with van der Waals surface area (Å²) in [7, 11) is 0. The van der Waals surface area contributed by atoms with Gasteiger partial charge in [0.05, 0.1) is 5.56 Å². The quantitative estimate of drug-likeness (QED) is 0.643. The van der Waals surface area contributed by atoms with Gasteiger partial charge in [0.15, 0.2) is 5.78 Å². The summed E-state index contributed by atoms with van der Waals surface area (Å²) in [5.41, 5.74) is 16.9. The van der Waals surface area contributed by atoms with E-state index in [2.05, 4.69) is 23.7 Å². The Kier molecular flexibility index (Phi) is 6.29. The maximum Gasteiger partial charge on any atom is 0.250 e. The normalized spacial score (nSPS) is 20.0. The van der Waals surface area contributed by atoms with Gasteiger partial charge in [-0.05, 0) is 62.3 Å². The lowest BCUT2D eigenvalue weighted by Crippen LogP contribution is -2.44. The average Bonchev–Trinajstić information content (AvgIpc) is 3.02. The minimum Gasteiger partial charge on any atom is -0.373 e. The number of Topliss-reactive ketones (excluding diaryl/α,β-unsaturated/α-hetero) is 1. The summed E-state index contributed by atoms with van der Waals surface area (Å²) in [6.45, 7) is 9.44. The van der Waals surface area contributed by atoms with E-state index in [0.717, 1.165) is 47.5 Å². The Morgan fingerprint density at radius 2 is 1.94 bits per heavy atom. The Bertz CT molecular complexity index is 1160. The van der Waals surface area contributed by atoms with Gasteiger partial charge in [-0.15, -0.1) is 0 Å². The van der Waals surface area contributed by atoms with Crippen molar-refractivity contribution in [3.63, 3.8) is 0 Å². The number of nitrogens with one attached hydrogen (secondary N) is 1. The summed E-state index contributed by atoms with van der Waals surface area (Å²) in [5, 5.41) is 3.22. The summed E-state index contributed by atoms with van der Waals surface area (Å²) in [4.78, 5) is 40.3. The van der Waals surface area contributed by atoms with Crippen LogP contribution >= 0.6 is 0 Å². The second-order valence-corrected chi connectivity index (χ2v) is 10.3. The zero-order chi connectivity index (χ0) is 24.8. The lowest BCUT2D eigenvalue weighted by atomic mass is 9.75. The van der Waals surface area contributed by atoms with E-state index in [9.17, 15) is 14.4 Å². The lowest BCUT2D eigenvalue weighted by molar-refractivity contribution is -0.131. The molecule has 1 aromatic heterocycles. The van der Waals surface area contributed by atoms with E-state index in [0.29, 0.717) is 37.3 Å². The van der Waals surface area contributed by atoms with Crippen molar-refractivity contribution in [3.8, 4) is 5.69 Å². The molecule has 0 unspecified atom stereocenters. The summed E-state index contributed by atoms with van der Waals surface area (Å²) < 4.78 is 2.20. The number of hydrogen-bond donors (Lipinski definition) is 3. The van der Waals surface area contributed by atoms with E-state index >= 15 is 0 Å². The largest absolute Gasteiger partial charge is 0.373 e. The minimum absolute atomic E-state index is 0.0739. The lowest BCUT2D eigenvalue weighted by Gasteiger charge is -2.30. The third-order valence-corrected chi connectivity index (χ3v) is 7.02. The molecule has 2 heterocycles. The Hall–Kier alpha value is -3.13. The zero-order valence-electron chi connectivity index (χ0n) is 20.5. The molecule has 1 atom stereocenters. The molecule has 34 heavy (non-hydrogen) atoms. The fourth-order valence-electron chi connectivity index (χ4n) is 5.49. The van der Waals surface area contributed by atoms with Gasteiger partial charge in [-0.2, -0.15) is 0 Å². The predicted molar refractivity (Wildman–Crippen MR) is 132 cm³/mol. The molecule has 0 saturated heterocycles. The van der Waals surface area contributed by atoms with Gasteiger partial charge in [-0.25, -0.2) is 0 Å². The molecule has 1 aromatic carbocycles. The van der Waals surface area contributed by atoms with Crippen molar-refractivity contribution in [3.05, 3.63) is 46.3 Å². The van der Waals surface area contributed by atoms with Gasteiger partial charge in [-0.3, -0.25) is 14.4 Å². The highest BCUT2D eigenvalue weighted by Crippen LogP contribution is 2.40. The van der Waals surface area contributed by atoms with Crippen molar-refractivity contribution >= 4 is 23.3 Å². The number of carbonyl (C=O) groups is 3. The number of nitrogens with two attached hydrogens (primary N) is 2. The Labute approximate surface area is 200 Å². The number of anilines is 1. The van der Waals surface area contributed by atoms with Gasteiger partial charge in [0, 0.05) is 54.4 Å². The van der Waals surface area contributed by atoms with Gasteiger partial charge >= 0.3 is 0 Å². The van der Waals surface area contributed by atoms with E-state index in [1.54, 1.807) is 17.9 Å². The van der Waals surface area contributed by atoms with Crippen LogP contribution in [0.4, 0.5) is 5.69 Å². The third kappa shape index (κ3) is 4.22. The van der Waals surface area contributed by atoms with E-state index in [1.807, 2.05) is 19.1 Å². The highest BCUT2D eigenvalue weighted by atomic mass is 16.2. The molecule has 2 aliphatic rings. The van der Waals surface area contributed by atoms with Crippen molar-refractivity contribution in [2.24, 2.45) is 16.9 Å². The SMILES string of the molecule is Cc1c2c(n3c1CCCN(CCN)C(=O)[C@H](C)Nc1cc-3ccc1C(N)=O)CC(C)(C)CC2=O. The van der Waals surface area contributed by atoms with E-state index in [1.165, 1.54) is 0 Å². The fourth-order valence-corrected chi connectivity index (χ4v) is 5.49.